The normalized spacial score (nSPS) is 12.0. The van der Waals surface area contributed by atoms with E-state index in [9.17, 15) is 13.2 Å². The highest BCUT2D eigenvalue weighted by molar-refractivity contribution is 5.56. The van der Waals surface area contributed by atoms with Crippen molar-refractivity contribution in [2.45, 2.75) is 6.18 Å². The first-order valence-electron chi connectivity index (χ1n) is 4.30. The molecule has 8 heteroatoms. The number of aryl methyl sites for hydroxylation is 1. The summed E-state index contributed by atoms with van der Waals surface area (Å²) in [6, 6.07) is 0.937. The SMILES string of the molecule is Cn1nc(C(F)(F)F)cc1-c1cnc(N)[nH]1. The largest absolute Gasteiger partial charge is 0.435 e. The lowest BCUT2D eigenvalue weighted by atomic mass is 10.3. The number of hydrogen-bond donors (Lipinski definition) is 2. The minimum atomic E-state index is -4.46. The Bertz CT molecular complexity index is 510. The zero-order chi connectivity index (χ0) is 11.9. The zero-order valence-corrected chi connectivity index (χ0v) is 8.21. The summed E-state index contributed by atoms with van der Waals surface area (Å²) in [6.07, 6.45) is -3.10. The standard InChI is InChI=1S/C8H8F3N5/c1-16-5(4-3-13-7(12)14-4)2-6(15-16)8(9,10)11/h2-3H,1H3,(H3,12,13,14). The number of hydrogen-bond acceptors (Lipinski definition) is 3. The number of alkyl halides is 3. The van der Waals surface area contributed by atoms with Crippen LogP contribution in [-0.2, 0) is 13.2 Å². The quantitative estimate of drug-likeness (QED) is 0.779. The van der Waals surface area contributed by atoms with Crippen molar-refractivity contribution in [3.63, 3.8) is 0 Å². The fourth-order valence-corrected chi connectivity index (χ4v) is 1.32. The van der Waals surface area contributed by atoms with E-state index in [1.165, 1.54) is 13.2 Å². The molecule has 0 bridgehead atoms. The van der Waals surface area contributed by atoms with Gasteiger partial charge in [0.15, 0.2) is 11.6 Å². The van der Waals surface area contributed by atoms with Crippen molar-refractivity contribution in [3.05, 3.63) is 18.0 Å². The Kier molecular flexibility index (Phi) is 2.14. The van der Waals surface area contributed by atoms with E-state index in [1.54, 1.807) is 0 Å². The molecule has 0 aliphatic carbocycles. The van der Waals surface area contributed by atoms with E-state index in [2.05, 4.69) is 15.1 Å². The maximum absolute atomic E-state index is 12.4. The van der Waals surface area contributed by atoms with Crippen molar-refractivity contribution in [2.75, 3.05) is 5.73 Å². The number of rotatable bonds is 1. The summed E-state index contributed by atoms with van der Waals surface area (Å²) in [4.78, 5) is 6.34. The molecule has 3 N–H and O–H groups in total. The van der Waals surface area contributed by atoms with E-state index in [0.717, 1.165) is 10.7 Å². The zero-order valence-electron chi connectivity index (χ0n) is 8.21. The highest BCUT2D eigenvalue weighted by Gasteiger charge is 2.34. The maximum atomic E-state index is 12.4. The van der Waals surface area contributed by atoms with Gasteiger partial charge < -0.3 is 10.7 Å². The molecule has 0 amide bonds. The lowest BCUT2D eigenvalue weighted by Gasteiger charge is -1.98. The van der Waals surface area contributed by atoms with Crippen LogP contribution in [0.5, 0.6) is 0 Å². The van der Waals surface area contributed by atoms with Crippen molar-refractivity contribution in [1.29, 1.82) is 0 Å². The van der Waals surface area contributed by atoms with Crippen LogP contribution in [0.1, 0.15) is 5.69 Å². The number of imidazole rings is 1. The van der Waals surface area contributed by atoms with Gasteiger partial charge >= 0.3 is 6.18 Å². The minimum Gasteiger partial charge on any atom is -0.369 e. The van der Waals surface area contributed by atoms with E-state index in [1.807, 2.05) is 0 Å². The van der Waals surface area contributed by atoms with Gasteiger partial charge in [-0.1, -0.05) is 0 Å². The summed E-state index contributed by atoms with van der Waals surface area (Å²) in [7, 11) is 1.42. The van der Waals surface area contributed by atoms with Crippen molar-refractivity contribution in [1.82, 2.24) is 19.7 Å². The number of nitrogens with zero attached hydrogens (tertiary/aromatic N) is 3. The maximum Gasteiger partial charge on any atom is 0.435 e. The summed E-state index contributed by atoms with van der Waals surface area (Å²) >= 11 is 0. The molecule has 0 spiro atoms. The Morgan fingerprint density at radius 2 is 2.12 bits per heavy atom. The molecular weight excluding hydrogens is 223 g/mol. The molecule has 0 fully saturated rings. The Hall–Kier alpha value is -1.99. The van der Waals surface area contributed by atoms with Gasteiger partial charge in [-0.3, -0.25) is 4.68 Å². The van der Waals surface area contributed by atoms with Gasteiger partial charge in [0.25, 0.3) is 0 Å². The van der Waals surface area contributed by atoms with Crippen molar-refractivity contribution in [3.8, 4) is 11.4 Å². The van der Waals surface area contributed by atoms with E-state index in [4.69, 9.17) is 5.73 Å². The second-order valence-electron chi connectivity index (χ2n) is 3.22. The van der Waals surface area contributed by atoms with Crippen LogP contribution in [0.25, 0.3) is 11.4 Å². The average molecular weight is 231 g/mol. The van der Waals surface area contributed by atoms with Gasteiger partial charge in [0.05, 0.1) is 17.6 Å². The van der Waals surface area contributed by atoms with Crippen LogP contribution in [0.2, 0.25) is 0 Å². The van der Waals surface area contributed by atoms with Gasteiger partial charge in [-0.15, -0.1) is 0 Å². The van der Waals surface area contributed by atoms with Gasteiger partial charge in [-0.05, 0) is 6.07 Å². The van der Waals surface area contributed by atoms with Crippen molar-refractivity contribution >= 4 is 5.95 Å². The predicted molar refractivity (Wildman–Crippen MR) is 50.2 cm³/mol. The topological polar surface area (TPSA) is 72.5 Å². The molecule has 2 heterocycles. The van der Waals surface area contributed by atoms with Crippen molar-refractivity contribution < 1.29 is 13.2 Å². The van der Waals surface area contributed by atoms with Crippen molar-refractivity contribution in [2.24, 2.45) is 7.05 Å². The molecule has 0 aliphatic heterocycles. The summed E-state index contributed by atoms with van der Waals surface area (Å²) in [5.74, 6) is 0.143. The lowest BCUT2D eigenvalue weighted by molar-refractivity contribution is -0.141. The van der Waals surface area contributed by atoms with Crippen LogP contribution in [0.15, 0.2) is 12.3 Å². The Labute approximate surface area is 88.1 Å². The molecular formula is C8H8F3N5. The first kappa shape index (κ1) is 10.5. The molecule has 0 saturated heterocycles. The second-order valence-corrected chi connectivity index (χ2v) is 3.22. The smallest absolute Gasteiger partial charge is 0.369 e. The van der Waals surface area contributed by atoms with Gasteiger partial charge in [0.1, 0.15) is 0 Å². The fraction of sp³-hybridized carbons (Fsp3) is 0.250. The van der Waals surface area contributed by atoms with E-state index in [0.29, 0.717) is 5.69 Å². The van der Waals surface area contributed by atoms with Crippen LogP contribution in [-0.4, -0.2) is 19.7 Å². The average Bonchev–Trinajstić information content (AvgIpc) is 2.70. The summed E-state index contributed by atoms with van der Waals surface area (Å²) < 4.78 is 38.2. The Balaban J connectivity index is 2.47. The molecule has 0 unspecified atom stereocenters. The highest BCUT2D eigenvalue weighted by atomic mass is 19.4. The number of nitrogens with one attached hydrogen (secondary N) is 1. The first-order chi connectivity index (χ1) is 7.38. The molecule has 2 aromatic rings. The molecule has 0 aliphatic rings. The monoisotopic (exact) mass is 231 g/mol. The Morgan fingerprint density at radius 1 is 1.44 bits per heavy atom. The summed E-state index contributed by atoms with van der Waals surface area (Å²) in [5, 5.41) is 3.37. The Morgan fingerprint density at radius 3 is 2.56 bits per heavy atom. The van der Waals surface area contributed by atoms with Crippen LogP contribution < -0.4 is 5.73 Å². The molecule has 16 heavy (non-hydrogen) atoms. The van der Waals surface area contributed by atoms with Gasteiger partial charge in [-0.2, -0.15) is 18.3 Å². The van der Waals surface area contributed by atoms with E-state index < -0.39 is 11.9 Å². The third-order valence-corrected chi connectivity index (χ3v) is 2.04. The molecule has 0 saturated carbocycles. The third kappa shape index (κ3) is 1.73. The van der Waals surface area contributed by atoms with Gasteiger partial charge in [-0.25, -0.2) is 4.98 Å². The molecule has 2 aromatic heterocycles. The number of halogens is 3. The van der Waals surface area contributed by atoms with Gasteiger partial charge in [0.2, 0.25) is 0 Å². The van der Waals surface area contributed by atoms with Crippen LogP contribution in [0.3, 0.4) is 0 Å². The summed E-state index contributed by atoms with van der Waals surface area (Å²) in [5.41, 5.74) is 5.06. The van der Waals surface area contributed by atoms with Gasteiger partial charge in [0, 0.05) is 7.05 Å². The molecule has 0 atom stereocenters. The first-order valence-corrected chi connectivity index (χ1v) is 4.30. The lowest BCUT2D eigenvalue weighted by Crippen LogP contribution is -2.06. The molecule has 2 rings (SSSR count). The number of nitrogens with two attached hydrogens (primary N) is 1. The number of aromatic amines is 1. The second kappa shape index (κ2) is 3.26. The number of H-pyrrole nitrogens is 1. The minimum absolute atomic E-state index is 0.143. The number of nitrogen functional groups attached to an aromatic ring is 1. The summed E-state index contributed by atoms with van der Waals surface area (Å²) in [6.45, 7) is 0. The fourth-order valence-electron chi connectivity index (χ4n) is 1.32. The highest BCUT2D eigenvalue weighted by Crippen LogP contribution is 2.30. The molecule has 86 valence electrons. The molecule has 0 radical (unpaired) electrons. The van der Waals surface area contributed by atoms with Crippen LogP contribution >= 0.6 is 0 Å². The van der Waals surface area contributed by atoms with Crippen LogP contribution in [0.4, 0.5) is 19.1 Å². The van der Waals surface area contributed by atoms with E-state index in [-0.39, 0.29) is 11.6 Å². The number of aromatic nitrogens is 4. The van der Waals surface area contributed by atoms with E-state index >= 15 is 0 Å². The number of anilines is 1. The third-order valence-electron chi connectivity index (χ3n) is 2.04. The van der Waals surface area contributed by atoms with Crippen LogP contribution in [0, 0.1) is 0 Å². The predicted octanol–water partition coefficient (Wildman–Crippen LogP) is 1.41. The molecule has 5 nitrogen and oxygen atoms in total. The molecule has 0 aromatic carbocycles.